The lowest BCUT2D eigenvalue weighted by atomic mass is 9.95. The van der Waals surface area contributed by atoms with Gasteiger partial charge < -0.3 is 9.09 Å². The first-order valence-corrected chi connectivity index (χ1v) is 9.02. The van der Waals surface area contributed by atoms with Gasteiger partial charge in [-0.05, 0) is 46.2 Å². The molecule has 0 saturated carbocycles. The molecule has 8 nitrogen and oxygen atoms in total. The topological polar surface area (TPSA) is 89.1 Å². The van der Waals surface area contributed by atoms with Crippen LogP contribution in [0.25, 0.3) is 0 Å². The molecule has 1 atom stereocenters. The number of anilines is 1. The number of nitrogens with one attached hydrogen (secondary N) is 1. The van der Waals surface area contributed by atoms with Crippen LogP contribution < -0.4 is 5.32 Å². The van der Waals surface area contributed by atoms with Gasteiger partial charge in [-0.2, -0.15) is 0 Å². The summed E-state index contributed by atoms with van der Waals surface area (Å²) in [7, 11) is 0. The third-order valence-corrected chi connectivity index (χ3v) is 5.33. The second kappa shape index (κ2) is 6.59. The Hall–Kier alpha value is -2.22. The average molecular weight is 344 g/mol. The van der Waals surface area contributed by atoms with E-state index in [4.69, 9.17) is 4.52 Å². The largest absolute Gasteiger partial charge is 0.338 e. The summed E-state index contributed by atoms with van der Waals surface area (Å²) < 4.78 is 7.36. The second-order valence-corrected chi connectivity index (χ2v) is 7.04. The van der Waals surface area contributed by atoms with E-state index in [1.165, 1.54) is 6.42 Å². The number of amides is 1. The van der Waals surface area contributed by atoms with Crippen LogP contribution in [0.3, 0.4) is 0 Å². The zero-order valence-electron chi connectivity index (χ0n) is 14.7. The van der Waals surface area contributed by atoms with Gasteiger partial charge in [0.05, 0.1) is 11.7 Å². The molecule has 2 aromatic rings. The molecule has 8 heteroatoms. The van der Waals surface area contributed by atoms with Gasteiger partial charge in [0.1, 0.15) is 11.6 Å². The third kappa shape index (κ3) is 3.18. The van der Waals surface area contributed by atoms with Crippen LogP contribution in [0.15, 0.2) is 10.6 Å². The molecule has 0 aromatic carbocycles. The van der Waals surface area contributed by atoms with Crippen LogP contribution in [0.4, 0.5) is 5.88 Å². The summed E-state index contributed by atoms with van der Waals surface area (Å²) in [5.41, 5.74) is 0.754. The van der Waals surface area contributed by atoms with Crippen molar-refractivity contribution in [3.05, 3.63) is 23.4 Å². The Bertz CT molecular complexity index is 759. The third-order valence-electron chi connectivity index (χ3n) is 5.33. The fourth-order valence-electron chi connectivity index (χ4n) is 3.83. The molecule has 0 bridgehead atoms. The minimum atomic E-state index is -0.199. The summed E-state index contributed by atoms with van der Waals surface area (Å²) in [6.07, 6.45) is 4.24. The van der Waals surface area contributed by atoms with E-state index in [0.29, 0.717) is 11.8 Å². The highest BCUT2D eigenvalue weighted by Crippen LogP contribution is 2.30. The predicted molar refractivity (Wildman–Crippen MR) is 91.2 cm³/mol. The number of aryl methyl sites for hydroxylation is 2. The molecule has 2 aliphatic heterocycles. The zero-order chi connectivity index (χ0) is 17.4. The van der Waals surface area contributed by atoms with Crippen molar-refractivity contribution in [2.75, 3.05) is 18.4 Å². The minimum Gasteiger partial charge on any atom is -0.338 e. The van der Waals surface area contributed by atoms with Crippen molar-refractivity contribution in [1.29, 1.82) is 0 Å². The summed E-state index contributed by atoms with van der Waals surface area (Å²) in [6, 6.07) is 1.53. The number of piperidine rings is 1. The Labute approximate surface area is 146 Å². The molecule has 1 saturated heterocycles. The van der Waals surface area contributed by atoms with Crippen molar-refractivity contribution in [1.82, 2.24) is 24.8 Å². The number of likely N-dealkylation sites (tertiary alicyclic amines) is 1. The first kappa shape index (κ1) is 16.3. The van der Waals surface area contributed by atoms with Crippen molar-refractivity contribution in [2.24, 2.45) is 0 Å². The van der Waals surface area contributed by atoms with Crippen LogP contribution in [-0.2, 0) is 17.8 Å². The molecule has 1 unspecified atom stereocenters. The number of carbonyl (C=O) groups excluding carboxylic acids is 1. The summed E-state index contributed by atoms with van der Waals surface area (Å²) in [5, 5.41) is 15.3. The highest BCUT2D eigenvalue weighted by molar-refractivity contribution is 5.93. The number of fused-ring (bicyclic) bond motifs is 1. The highest BCUT2D eigenvalue weighted by atomic mass is 16.5. The molecular formula is C17H24N6O2. The Morgan fingerprint density at radius 3 is 2.84 bits per heavy atom. The Balaban J connectivity index is 1.34. The van der Waals surface area contributed by atoms with E-state index in [2.05, 4.69) is 30.1 Å². The number of carbonyl (C=O) groups is 1. The van der Waals surface area contributed by atoms with E-state index in [1.807, 2.05) is 13.8 Å². The standard InChI is InChI=1S/C17H24N6O2/c1-11-10-15(25-21-11)18-17(24)12(2)22-8-5-13(6-9-22)16-20-19-14-4-3-7-23(14)16/h10,12-13H,3-9H2,1-2H3,(H,18,24). The molecule has 134 valence electrons. The molecule has 1 fully saturated rings. The Morgan fingerprint density at radius 2 is 2.12 bits per heavy atom. The normalized spacial score (nSPS) is 19.8. The molecular weight excluding hydrogens is 320 g/mol. The van der Waals surface area contributed by atoms with Crippen LogP contribution in [0.1, 0.15) is 49.4 Å². The minimum absolute atomic E-state index is 0.0574. The Kier molecular flexibility index (Phi) is 4.29. The van der Waals surface area contributed by atoms with Crippen LogP contribution in [-0.4, -0.2) is 49.9 Å². The molecule has 0 radical (unpaired) electrons. The summed E-state index contributed by atoms with van der Waals surface area (Å²) in [4.78, 5) is 14.6. The second-order valence-electron chi connectivity index (χ2n) is 7.04. The van der Waals surface area contributed by atoms with Gasteiger partial charge in [0.2, 0.25) is 11.8 Å². The molecule has 0 aliphatic carbocycles. The van der Waals surface area contributed by atoms with Gasteiger partial charge in [0, 0.05) is 24.9 Å². The molecule has 25 heavy (non-hydrogen) atoms. The van der Waals surface area contributed by atoms with E-state index in [1.54, 1.807) is 6.07 Å². The van der Waals surface area contributed by atoms with Crippen molar-refractivity contribution in [3.63, 3.8) is 0 Å². The van der Waals surface area contributed by atoms with Crippen molar-refractivity contribution in [2.45, 2.75) is 58.0 Å². The quantitative estimate of drug-likeness (QED) is 0.908. The van der Waals surface area contributed by atoms with Gasteiger partial charge in [0.15, 0.2) is 0 Å². The zero-order valence-corrected chi connectivity index (χ0v) is 14.7. The van der Waals surface area contributed by atoms with Gasteiger partial charge in [0.25, 0.3) is 0 Å². The van der Waals surface area contributed by atoms with Crippen molar-refractivity contribution < 1.29 is 9.32 Å². The Morgan fingerprint density at radius 1 is 1.32 bits per heavy atom. The molecule has 4 rings (SSSR count). The van der Waals surface area contributed by atoms with E-state index >= 15 is 0 Å². The number of hydrogen-bond acceptors (Lipinski definition) is 6. The predicted octanol–water partition coefficient (Wildman–Crippen LogP) is 1.73. The van der Waals surface area contributed by atoms with E-state index < -0.39 is 0 Å². The smallest absolute Gasteiger partial charge is 0.243 e. The first-order chi connectivity index (χ1) is 12.1. The molecule has 0 spiro atoms. The number of aromatic nitrogens is 4. The van der Waals surface area contributed by atoms with Crippen molar-refractivity contribution in [3.8, 4) is 0 Å². The molecule has 2 aromatic heterocycles. The lowest BCUT2D eigenvalue weighted by Gasteiger charge is -2.34. The maximum Gasteiger partial charge on any atom is 0.243 e. The molecule has 1 amide bonds. The maximum absolute atomic E-state index is 12.4. The number of nitrogens with zero attached hydrogens (tertiary/aromatic N) is 5. The molecule has 1 N–H and O–H groups in total. The van der Waals surface area contributed by atoms with Crippen LogP contribution in [0, 0.1) is 6.92 Å². The monoisotopic (exact) mass is 344 g/mol. The summed E-state index contributed by atoms with van der Waals surface area (Å²) >= 11 is 0. The summed E-state index contributed by atoms with van der Waals surface area (Å²) in [5.74, 6) is 3.07. The fraction of sp³-hybridized carbons (Fsp3) is 0.647. The lowest BCUT2D eigenvalue weighted by molar-refractivity contribution is -0.121. The number of hydrogen-bond donors (Lipinski definition) is 1. The van der Waals surface area contributed by atoms with Gasteiger partial charge >= 0.3 is 0 Å². The van der Waals surface area contributed by atoms with Gasteiger partial charge in [-0.15, -0.1) is 10.2 Å². The molecule has 2 aliphatic rings. The van der Waals surface area contributed by atoms with Gasteiger partial charge in [-0.3, -0.25) is 15.0 Å². The first-order valence-electron chi connectivity index (χ1n) is 9.02. The van der Waals surface area contributed by atoms with Crippen molar-refractivity contribution >= 4 is 11.8 Å². The van der Waals surface area contributed by atoms with E-state index in [-0.39, 0.29) is 11.9 Å². The summed E-state index contributed by atoms with van der Waals surface area (Å²) in [6.45, 7) is 6.59. The van der Waals surface area contributed by atoms with Crippen LogP contribution in [0.2, 0.25) is 0 Å². The fourth-order valence-corrected chi connectivity index (χ4v) is 3.83. The SMILES string of the molecule is Cc1cc(NC(=O)C(C)N2CCC(c3nnc4n3CCC4)CC2)on1. The van der Waals surface area contributed by atoms with Crippen LogP contribution >= 0.6 is 0 Å². The highest BCUT2D eigenvalue weighted by Gasteiger charge is 2.31. The van der Waals surface area contributed by atoms with Gasteiger partial charge in [-0.1, -0.05) is 5.16 Å². The van der Waals surface area contributed by atoms with Crippen LogP contribution in [0.5, 0.6) is 0 Å². The van der Waals surface area contributed by atoms with E-state index in [0.717, 1.165) is 56.2 Å². The number of rotatable bonds is 4. The van der Waals surface area contributed by atoms with E-state index in [9.17, 15) is 4.79 Å². The average Bonchev–Trinajstić information content (AvgIpc) is 3.31. The molecule has 4 heterocycles. The maximum atomic E-state index is 12.4. The van der Waals surface area contributed by atoms with Gasteiger partial charge in [-0.25, -0.2) is 0 Å². The lowest BCUT2D eigenvalue weighted by Crippen LogP contribution is -2.46.